The van der Waals surface area contributed by atoms with Crippen molar-refractivity contribution in [2.45, 2.75) is 32.4 Å². The van der Waals surface area contributed by atoms with Crippen LogP contribution in [0.25, 0.3) is 0 Å². The zero-order valence-electron chi connectivity index (χ0n) is 15.7. The minimum absolute atomic E-state index is 0.196. The molecule has 1 aliphatic heterocycles. The van der Waals surface area contributed by atoms with Gasteiger partial charge in [-0.1, -0.05) is 48.5 Å². The Balaban J connectivity index is 1.45. The molecule has 1 aliphatic rings. The van der Waals surface area contributed by atoms with Gasteiger partial charge in [-0.15, -0.1) is 0 Å². The van der Waals surface area contributed by atoms with Crippen molar-refractivity contribution in [1.82, 2.24) is 15.1 Å². The quantitative estimate of drug-likeness (QED) is 0.737. The van der Waals surface area contributed by atoms with E-state index in [0.717, 1.165) is 28.9 Å². The van der Waals surface area contributed by atoms with Crippen molar-refractivity contribution in [2.75, 3.05) is 5.32 Å². The fourth-order valence-corrected chi connectivity index (χ4v) is 3.42. The number of hydrogen-bond donors (Lipinski definition) is 2. The number of fused-ring (bicyclic) bond motifs is 1. The summed E-state index contributed by atoms with van der Waals surface area (Å²) in [7, 11) is 0. The van der Waals surface area contributed by atoms with Crippen LogP contribution in [0.5, 0.6) is 0 Å². The number of benzene rings is 2. The Morgan fingerprint density at radius 1 is 1.18 bits per heavy atom. The molecule has 6 heteroatoms. The molecule has 4 rings (SSSR count). The van der Waals surface area contributed by atoms with Crippen LogP contribution in [0.4, 0.5) is 5.69 Å². The summed E-state index contributed by atoms with van der Waals surface area (Å²) in [6, 6.07) is 18.8. The average Bonchev–Trinajstić information content (AvgIpc) is 2.98. The molecule has 0 fully saturated rings. The first-order valence-electron chi connectivity index (χ1n) is 9.38. The molecule has 1 unspecified atom stereocenters. The van der Waals surface area contributed by atoms with E-state index in [1.807, 2.05) is 61.5 Å². The van der Waals surface area contributed by atoms with Crippen molar-refractivity contribution in [3.05, 3.63) is 83.2 Å². The Morgan fingerprint density at radius 3 is 2.75 bits per heavy atom. The van der Waals surface area contributed by atoms with Gasteiger partial charge in [0, 0.05) is 11.4 Å². The second kappa shape index (κ2) is 7.68. The number of carbonyl (C=O) groups excluding carboxylic acids is 2. The summed E-state index contributed by atoms with van der Waals surface area (Å²) in [6.07, 6.45) is 1.28. The number of hydrogen-bond acceptors (Lipinski definition) is 3. The zero-order valence-corrected chi connectivity index (χ0v) is 15.7. The molecule has 6 nitrogen and oxygen atoms in total. The number of aromatic nitrogens is 2. The first-order valence-corrected chi connectivity index (χ1v) is 9.38. The van der Waals surface area contributed by atoms with E-state index in [0.29, 0.717) is 18.7 Å². The fraction of sp³-hybridized carbons (Fsp3) is 0.227. The number of amides is 2. The van der Waals surface area contributed by atoms with E-state index < -0.39 is 6.04 Å². The molecule has 2 heterocycles. The van der Waals surface area contributed by atoms with Gasteiger partial charge in [-0.2, -0.15) is 5.10 Å². The Kier molecular flexibility index (Phi) is 4.93. The lowest BCUT2D eigenvalue weighted by Gasteiger charge is -2.14. The molecular formula is C22H22N4O2. The van der Waals surface area contributed by atoms with Crippen LogP contribution in [0.2, 0.25) is 0 Å². The third-order valence-corrected chi connectivity index (χ3v) is 4.99. The standard InChI is InChI=1S/C22H22N4O2/c1-15-13-20(25-26(15)14-16-7-3-2-4-8-16)22(28)24-19-12-11-17-9-5-6-10-18(17)23-21(19)27/h2-10,13,19H,11-12,14H2,1H3,(H,23,27)(H,24,28). The van der Waals surface area contributed by atoms with E-state index in [1.165, 1.54) is 0 Å². The molecule has 3 aromatic rings. The van der Waals surface area contributed by atoms with Gasteiger partial charge in [-0.25, -0.2) is 0 Å². The van der Waals surface area contributed by atoms with Gasteiger partial charge in [0.15, 0.2) is 0 Å². The molecule has 0 aliphatic carbocycles. The van der Waals surface area contributed by atoms with E-state index in [-0.39, 0.29) is 11.8 Å². The lowest BCUT2D eigenvalue weighted by molar-refractivity contribution is -0.118. The van der Waals surface area contributed by atoms with E-state index in [4.69, 9.17) is 0 Å². The first-order chi connectivity index (χ1) is 13.6. The van der Waals surface area contributed by atoms with Gasteiger partial charge in [-0.3, -0.25) is 14.3 Å². The highest BCUT2D eigenvalue weighted by molar-refractivity contribution is 6.01. The lowest BCUT2D eigenvalue weighted by atomic mass is 10.1. The van der Waals surface area contributed by atoms with Crippen LogP contribution in [0.15, 0.2) is 60.7 Å². The van der Waals surface area contributed by atoms with Gasteiger partial charge in [0.2, 0.25) is 5.91 Å². The second-order valence-corrected chi connectivity index (χ2v) is 7.03. The number of anilines is 1. The highest BCUT2D eigenvalue weighted by atomic mass is 16.2. The van der Waals surface area contributed by atoms with E-state index in [2.05, 4.69) is 15.7 Å². The van der Waals surface area contributed by atoms with Gasteiger partial charge >= 0.3 is 0 Å². The largest absolute Gasteiger partial charge is 0.339 e. The highest BCUT2D eigenvalue weighted by Crippen LogP contribution is 2.21. The Bertz CT molecular complexity index is 1010. The molecule has 0 saturated heterocycles. The van der Waals surface area contributed by atoms with Crippen molar-refractivity contribution in [3.8, 4) is 0 Å². The number of para-hydroxylation sites is 1. The molecule has 0 spiro atoms. The summed E-state index contributed by atoms with van der Waals surface area (Å²) in [5.41, 5.74) is 4.22. The molecule has 0 bridgehead atoms. The Morgan fingerprint density at radius 2 is 1.93 bits per heavy atom. The first kappa shape index (κ1) is 18.0. The Hall–Kier alpha value is -3.41. The van der Waals surface area contributed by atoms with Gasteiger partial charge < -0.3 is 10.6 Å². The SMILES string of the molecule is Cc1cc(C(=O)NC2CCc3ccccc3NC2=O)nn1Cc1ccccc1. The minimum Gasteiger partial charge on any atom is -0.339 e. The normalized spacial score (nSPS) is 16.0. The fourth-order valence-electron chi connectivity index (χ4n) is 3.42. The average molecular weight is 374 g/mol. The number of nitrogens with zero attached hydrogens (tertiary/aromatic N) is 2. The topological polar surface area (TPSA) is 76.0 Å². The molecule has 2 amide bonds. The summed E-state index contributed by atoms with van der Waals surface area (Å²) in [5, 5.41) is 10.2. The summed E-state index contributed by atoms with van der Waals surface area (Å²) in [6.45, 7) is 2.51. The summed E-state index contributed by atoms with van der Waals surface area (Å²) in [5.74, 6) is -0.528. The Labute approximate surface area is 163 Å². The molecule has 1 atom stereocenters. The maximum atomic E-state index is 12.7. The van der Waals surface area contributed by atoms with E-state index in [1.54, 1.807) is 10.7 Å². The van der Waals surface area contributed by atoms with Crippen molar-refractivity contribution in [1.29, 1.82) is 0 Å². The summed E-state index contributed by atoms with van der Waals surface area (Å²) < 4.78 is 1.80. The van der Waals surface area contributed by atoms with Crippen LogP contribution < -0.4 is 10.6 Å². The number of nitrogens with one attached hydrogen (secondary N) is 2. The van der Waals surface area contributed by atoms with Gasteiger partial charge in [0.05, 0.1) is 6.54 Å². The molecule has 1 aromatic heterocycles. The molecule has 0 saturated carbocycles. The van der Waals surface area contributed by atoms with Crippen LogP contribution in [-0.2, 0) is 17.8 Å². The maximum Gasteiger partial charge on any atom is 0.272 e. The van der Waals surface area contributed by atoms with Gasteiger partial charge in [-0.05, 0) is 43.0 Å². The lowest BCUT2D eigenvalue weighted by Crippen LogP contribution is -2.43. The third kappa shape index (κ3) is 3.81. The monoisotopic (exact) mass is 374 g/mol. The van der Waals surface area contributed by atoms with Crippen LogP contribution in [-0.4, -0.2) is 27.6 Å². The molecule has 2 aromatic carbocycles. The van der Waals surface area contributed by atoms with Crippen molar-refractivity contribution >= 4 is 17.5 Å². The number of carbonyl (C=O) groups is 2. The molecule has 2 N–H and O–H groups in total. The summed E-state index contributed by atoms with van der Waals surface area (Å²) in [4.78, 5) is 25.2. The predicted molar refractivity (Wildman–Crippen MR) is 107 cm³/mol. The molecule has 28 heavy (non-hydrogen) atoms. The minimum atomic E-state index is -0.584. The molecule has 0 radical (unpaired) electrons. The smallest absolute Gasteiger partial charge is 0.272 e. The maximum absolute atomic E-state index is 12.7. The number of rotatable bonds is 4. The zero-order chi connectivity index (χ0) is 19.5. The van der Waals surface area contributed by atoms with Crippen molar-refractivity contribution in [3.63, 3.8) is 0 Å². The molecular weight excluding hydrogens is 352 g/mol. The third-order valence-electron chi connectivity index (χ3n) is 4.99. The van der Waals surface area contributed by atoms with Crippen molar-refractivity contribution < 1.29 is 9.59 Å². The van der Waals surface area contributed by atoms with Crippen LogP contribution in [0.1, 0.15) is 33.7 Å². The van der Waals surface area contributed by atoms with E-state index in [9.17, 15) is 9.59 Å². The van der Waals surface area contributed by atoms with Crippen LogP contribution >= 0.6 is 0 Å². The summed E-state index contributed by atoms with van der Waals surface area (Å²) >= 11 is 0. The molecule has 142 valence electrons. The van der Waals surface area contributed by atoms with E-state index >= 15 is 0 Å². The van der Waals surface area contributed by atoms with Crippen LogP contribution in [0.3, 0.4) is 0 Å². The second-order valence-electron chi connectivity index (χ2n) is 7.03. The predicted octanol–water partition coefficient (Wildman–Crippen LogP) is 2.92. The van der Waals surface area contributed by atoms with Crippen molar-refractivity contribution in [2.24, 2.45) is 0 Å². The highest BCUT2D eigenvalue weighted by Gasteiger charge is 2.26. The number of aryl methyl sites for hydroxylation is 2. The van der Waals surface area contributed by atoms with Gasteiger partial charge in [0.1, 0.15) is 11.7 Å². The van der Waals surface area contributed by atoms with Crippen LogP contribution in [0, 0.1) is 6.92 Å². The van der Waals surface area contributed by atoms with Gasteiger partial charge in [0.25, 0.3) is 5.91 Å².